The maximum Gasteiger partial charge on any atom is 0.343 e. The Kier molecular flexibility index (Phi) is 9.85. The van der Waals surface area contributed by atoms with Crippen molar-refractivity contribution < 1.29 is 14.2 Å². The van der Waals surface area contributed by atoms with Crippen molar-refractivity contribution in [2.24, 2.45) is 0 Å². The van der Waals surface area contributed by atoms with Gasteiger partial charge in [0.2, 0.25) is 0 Å². The molecular formula is C7H15Cl3O3Si. The number of methoxy groups -OCH3 is 1. The average molecular weight is 282 g/mol. The molecule has 0 atom stereocenters. The van der Waals surface area contributed by atoms with E-state index in [1.54, 1.807) is 7.11 Å². The molecule has 0 aliphatic rings. The topological polar surface area (TPSA) is 27.7 Å². The summed E-state index contributed by atoms with van der Waals surface area (Å²) in [4.78, 5) is 0. The lowest BCUT2D eigenvalue weighted by atomic mass is 10.7. The van der Waals surface area contributed by atoms with Crippen molar-refractivity contribution in [2.75, 3.05) is 40.1 Å². The van der Waals surface area contributed by atoms with E-state index in [2.05, 4.69) is 0 Å². The van der Waals surface area contributed by atoms with Gasteiger partial charge in [0, 0.05) is 19.8 Å². The third-order valence-corrected chi connectivity index (χ3v) is 3.81. The van der Waals surface area contributed by atoms with Gasteiger partial charge in [-0.25, -0.2) is 0 Å². The van der Waals surface area contributed by atoms with Crippen LogP contribution in [0.3, 0.4) is 0 Å². The summed E-state index contributed by atoms with van der Waals surface area (Å²) in [7, 11) is 1.63. The summed E-state index contributed by atoms with van der Waals surface area (Å²) in [5.74, 6) is 0. The van der Waals surface area contributed by atoms with Crippen LogP contribution in [0.25, 0.3) is 0 Å². The number of hydrogen-bond acceptors (Lipinski definition) is 3. The number of ether oxygens (including phenoxy) is 3. The smallest absolute Gasteiger partial charge is 0.343 e. The van der Waals surface area contributed by atoms with Crippen molar-refractivity contribution in [3.8, 4) is 0 Å². The van der Waals surface area contributed by atoms with Crippen molar-refractivity contribution in [1.29, 1.82) is 0 Å². The lowest BCUT2D eigenvalue weighted by Crippen LogP contribution is -2.14. The van der Waals surface area contributed by atoms with E-state index in [-0.39, 0.29) is 0 Å². The maximum atomic E-state index is 5.66. The number of halogens is 3. The molecule has 86 valence electrons. The molecule has 0 amide bonds. The van der Waals surface area contributed by atoms with Crippen LogP contribution in [0.2, 0.25) is 6.04 Å². The second kappa shape index (κ2) is 9.21. The van der Waals surface area contributed by atoms with Gasteiger partial charge in [0.15, 0.2) is 0 Å². The largest absolute Gasteiger partial charge is 0.382 e. The third kappa shape index (κ3) is 13.0. The molecule has 0 N–H and O–H groups in total. The lowest BCUT2D eigenvalue weighted by Gasteiger charge is -2.08. The second-order valence-electron chi connectivity index (χ2n) is 2.58. The van der Waals surface area contributed by atoms with Crippen LogP contribution in [0.15, 0.2) is 0 Å². The van der Waals surface area contributed by atoms with Gasteiger partial charge in [0.25, 0.3) is 0 Å². The quantitative estimate of drug-likeness (QED) is 0.369. The summed E-state index contributed by atoms with van der Waals surface area (Å²) in [6.45, 7) is 2.74. The standard InChI is InChI=1S/C7H15Cl3O3Si/c1-11-2-3-12-4-5-13-6-7-14(8,9)10/h2-7H2,1H3. The molecule has 0 aromatic carbocycles. The molecule has 0 aromatic rings. The highest BCUT2D eigenvalue weighted by Gasteiger charge is 2.23. The fraction of sp³-hybridized carbons (Fsp3) is 1.00. The third-order valence-electron chi connectivity index (χ3n) is 1.33. The van der Waals surface area contributed by atoms with E-state index >= 15 is 0 Å². The Hall–Kier alpha value is 0.967. The van der Waals surface area contributed by atoms with E-state index in [9.17, 15) is 0 Å². The highest BCUT2D eigenvalue weighted by molar-refractivity contribution is 7.64. The monoisotopic (exact) mass is 280 g/mol. The zero-order valence-corrected chi connectivity index (χ0v) is 11.4. The van der Waals surface area contributed by atoms with Gasteiger partial charge >= 0.3 is 6.00 Å². The van der Waals surface area contributed by atoms with Gasteiger partial charge < -0.3 is 14.2 Å². The maximum absolute atomic E-state index is 5.66. The zero-order chi connectivity index (χ0) is 10.9. The van der Waals surface area contributed by atoms with Crippen LogP contribution in [0.5, 0.6) is 0 Å². The molecule has 0 unspecified atom stereocenters. The van der Waals surface area contributed by atoms with Crippen molar-refractivity contribution >= 4 is 39.2 Å². The van der Waals surface area contributed by atoms with Gasteiger partial charge in [0.1, 0.15) is 0 Å². The second-order valence-corrected chi connectivity index (χ2v) is 11.9. The molecule has 7 heteroatoms. The van der Waals surface area contributed by atoms with Crippen molar-refractivity contribution in [3.63, 3.8) is 0 Å². The van der Waals surface area contributed by atoms with Gasteiger partial charge in [-0.3, -0.25) is 0 Å². The van der Waals surface area contributed by atoms with E-state index in [1.165, 1.54) is 0 Å². The van der Waals surface area contributed by atoms with E-state index in [0.29, 0.717) is 39.1 Å². The van der Waals surface area contributed by atoms with Crippen LogP contribution in [0, 0.1) is 0 Å². The first-order valence-electron chi connectivity index (χ1n) is 4.27. The van der Waals surface area contributed by atoms with Gasteiger partial charge in [-0.15, -0.1) is 33.2 Å². The summed E-state index contributed by atoms with van der Waals surface area (Å²) in [6, 6.07) is -1.98. The van der Waals surface area contributed by atoms with Crippen LogP contribution in [-0.2, 0) is 14.2 Å². The molecule has 0 heterocycles. The first kappa shape index (κ1) is 15.0. The number of rotatable bonds is 9. The van der Waals surface area contributed by atoms with Crippen molar-refractivity contribution in [2.45, 2.75) is 6.04 Å². The first-order valence-corrected chi connectivity index (χ1v) is 9.51. The molecule has 0 saturated heterocycles. The molecular weight excluding hydrogens is 267 g/mol. The molecule has 0 aliphatic carbocycles. The molecule has 0 aliphatic heterocycles. The summed E-state index contributed by atoms with van der Waals surface area (Å²) < 4.78 is 15.2. The fourth-order valence-corrected chi connectivity index (χ4v) is 1.72. The molecule has 0 bridgehead atoms. The van der Waals surface area contributed by atoms with E-state index in [1.807, 2.05) is 0 Å². The lowest BCUT2D eigenvalue weighted by molar-refractivity contribution is 0.0280. The van der Waals surface area contributed by atoms with E-state index in [4.69, 9.17) is 47.4 Å². The van der Waals surface area contributed by atoms with E-state index in [0.717, 1.165) is 0 Å². The Morgan fingerprint density at radius 1 is 0.857 bits per heavy atom. The zero-order valence-electron chi connectivity index (χ0n) is 8.10. The molecule has 0 radical (unpaired) electrons. The summed E-state index contributed by atoms with van der Waals surface area (Å²) in [5.41, 5.74) is 0. The highest BCUT2D eigenvalue weighted by Crippen LogP contribution is 2.24. The highest BCUT2D eigenvalue weighted by atomic mass is 35.8. The van der Waals surface area contributed by atoms with Gasteiger partial charge in [0.05, 0.1) is 26.4 Å². The van der Waals surface area contributed by atoms with E-state index < -0.39 is 6.00 Å². The van der Waals surface area contributed by atoms with Crippen LogP contribution in [0.1, 0.15) is 0 Å². The fourth-order valence-electron chi connectivity index (χ4n) is 0.652. The minimum atomic E-state index is -2.51. The van der Waals surface area contributed by atoms with Crippen LogP contribution in [-0.4, -0.2) is 46.1 Å². The Bertz CT molecular complexity index is 132. The van der Waals surface area contributed by atoms with Gasteiger partial charge in [-0.05, 0) is 0 Å². The Balaban J connectivity index is 2.99. The first-order chi connectivity index (χ1) is 6.56. The van der Waals surface area contributed by atoms with Crippen LogP contribution < -0.4 is 0 Å². The van der Waals surface area contributed by atoms with Crippen molar-refractivity contribution in [3.05, 3.63) is 0 Å². The predicted molar refractivity (Wildman–Crippen MR) is 61.6 cm³/mol. The molecule has 0 rings (SSSR count). The molecule has 3 nitrogen and oxygen atoms in total. The molecule has 0 saturated carbocycles. The molecule has 0 fully saturated rings. The summed E-state index contributed by atoms with van der Waals surface area (Å²) in [5, 5.41) is 0. The SMILES string of the molecule is COCCOCCOCC[Si](Cl)(Cl)Cl. The van der Waals surface area contributed by atoms with Crippen molar-refractivity contribution in [1.82, 2.24) is 0 Å². The Morgan fingerprint density at radius 3 is 1.86 bits per heavy atom. The predicted octanol–water partition coefficient (Wildman–Crippen LogP) is 2.32. The Labute approximate surface area is 99.7 Å². The van der Waals surface area contributed by atoms with Crippen LogP contribution in [0.4, 0.5) is 0 Å². The minimum absolute atomic E-state index is 0.483. The normalized spacial score (nSPS) is 12.0. The summed E-state index contributed by atoms with van der Waals surface area (Å²) >= 11 is 17.0. The van der Waals surface area contributed by atoms with Crippen LogP contribution >= 0.6 is 33.2 Å². The average Bonchev–Trinajstić information content (AvgIpc) is 2.08. The summed E-state index contributed by atoms with van der Waals surface area (Å²) in [6.07, 6.45) is 0. The van der Waals surface area contributed by atoms with Gasteiger partial charge in [-0.2, -0.15) is 0 Å². The minimum Gasteiger partial charge on any atom is -0.382 e. The molecule has 14 heavy (non-hydrogen) atoms. The number of hydrogen-bond donors (Lipinski definition) is 0. The Morgan fingerprint density at radius 2 is 1.36 bits per heavy atom. The molecule has 0 spiro atoms. The molecule has 0 aromatic heterocycles. The van der Waals surface area contributed by atoms with Gasteiger partial charge in [-0.1, -0.05) is 0 Å².